The number of carbonyl (C=O) groups is 4. The Balaban J connectivity index is 2.80. The Morgan fingerprint density at radius 2 is 1.69 bits per heavy atom. The van der Waals surface area contributed by atoms with Crippen LogP contribution in [0.4, 0.5) is 0 Å². The summed E-state index contributed by atoms with van der Waals surface area (Å²) < 4.78 is 0. The van der Waals surface area contributed by atoms with Crippen molar-refractivity contribution in [1.29, 1.82) is 0 Å². The lowest BCUT2D eigenvalue weighted by Gasteiger charge is -2.26. The molecule has 0 aromatic carbocycles. The van der Waals surface area contributed by atoms with E-state index in [-0.39, 0.29) is 30.0 Å². The minimum absolute atomic E-state index is 0.0209. The van der Waals surface area contributed by atoms with Crippen LogP contribution in [0.15, 0.2) is 0 Å². The summed E-state index contributed by atoms with van der Waals surface area (Å²) in [4.78, 5) is 48.7. The van der Waals surface area contributed by atoms with Crippen LogP contribution in [0.5, 0.6) is 0 Å². The Bertz CT molecular complexity index is 595. The van der Waals surface area contributed by atoms with Gasteiger partial charge in [0.2, 0.25) is 17.7 Å². The van der Waals surface area contributed by atoms with Crippen molar-refractivity contribution in [3.05, 3.63) is 0 Å². The van der Waals surface area contributed by atoms with Crippen LogP contribution in [-0.2, 0) is 19.2 Å². The van der Waals surface area contributed by atoms with E-state index in [1.54, 1.807) is 0 Å². The second kappa shape index (κ2) is 12.0. The number of hydrogen-bond acceptors (Lipinski definition) is 7. The van der Waals surface area contributed by atoms with Gasteiger partial charge >= 0.3 is 5.97 Å². The van der Waals surface area contributed by atoms with Crippen molar-refractivity contribution in [3.63, 3.8) is 0 Å². The fourth-order valence-corrected chi connectivity index (χ4v) is 3.25. The summed E-state index contributed by atoms with van der Waals surface area (Å²) >= 11 is 4.12. The fourth-order valence-electron chi connectivity index (χ4n) is 2.99. The molecule has 1 aliphatic heterocycles. The average Bonchev–Trinajstić information content (AvgIpc) is 3.16. The molecule has 0 aromatic rings. The molecule has 11 heteroatoms. The molecule has 0 aromatic heterocycles. The molecule has 1 heterocycles. The molecule has 6 N–H and O–H groups in total. The van der Waals surface area contributed by atoms with E-state index in [4.69, 9.17) is 5.11 Å². The van der Waals surface area contributed by atoms with E-state index in [1.807, 2.05) is 13.8 Å². The Morgan fingerprint density at radius 3 is 2.14 bits per heavy atom. The molecule has 1 aliphatic rings. The second-order valence-corrected chi connectivity index (χ2v) is 8.01. The summed E-state index contributed by atoms with van der Waals surface area (Å²) in [5.74, 6) is -2.94. The largest absolute Gasteiger partial charge is 0.480 e. The predicted octanol–water partition coefficient (Wildman–Crippen LogP) is -1.37. The van der Waals surface area contributed by atoms with Crippen LogP contribution in [0, 0.1) is 5.92 Å². The molecular weight excluding hydrogens is 400 g/mol. The zero-order valence-electron chi connectivity index (χ0n) is 17.0. The van der Waals surface area contributed by atoms with Gasteiger partial charge in [0.05, 0.1) is 12.1 Å². The zero-order valence-corrected chi connectivity index (χ0v) is 17.9. The number of amides is 3. The Kier molecular flexibility index (Phi) is 10.4. The van der Waals surface area contributed by atoms with Gasteiger partial charge in [0, 0.05) is 5.75 Å². The summed E-state index contributed by atoms with van der Waals surface area (Å²) in [5, 5.41) is 29.2. The monoisotopic (exact) mass is 432 g/mol. The van der Waals surface area contributed by atoms with Crippen LogP contribution >= 0.6 is 12.6 Å². The van der Waals surface area contributed by atoms with Crippen molar-refractivity contribution in [3.8, 4) is 0 Å². The standard InChI is InChI=1S/C18H32N4O6S/c1-9(2)7-12(16(25)22-14(10(3)23)18(27)28)20-17(26)13(8-29)21-15(24)11-5-4-6-19-11/h9-14,19,23,29H,4-8H2,1-3H3,(H,20,26)(H,21,24)(H,22,25)(H,27,28). The van der Waals surface area contributed by atoms with Crippen molar-refractivity contribution in [1.82, 2.24) is 21.3 Å². The van der Waals surface area contributed by atoms with Crippen molar-refractivity contribution in [2.45, 2.75) is 70.3 Å². The third-order valence-corrected chi connectivity index (χ3v) is 4.94. The molecular formula is C18H32N4O6S. The van der Waals surface area contributed by atoms with Crippen molar-refractivity contribution in [2.24, 2.45) is 5.92 Å². The molecule has 5 atom stereocenters. The minimum atomic E-state index is -1.50. The molecule has 166 valence electrons. The summed E-state index contributed by atoms with van der Waals surface area (Å²) in [6.07, 6.45) is 0.498. The molecule has 1 saturated heterocycles. The summed E-state index contributed by atoms with van der Waals surface area (Å²) in [6, 6.07) is -3.82. The number of thiol groups is 1. The number of aliphatic carboxylic acids is 1. The number of carboxylic acids is 1. The van der Waals surface area contributed by atoms with E-state index >= 15 is 0 Å². The quantitative estimate of drug-likeness (QED) is 0.199. The highest BCUT2D eigenvalue weighted by molar-refractivity contribution is 7.80. The molecule has 5 unspecified atom stereocenters. The number of aliphatic hydroxyl groups is 1. The van der Waals surface area contributed by atoms with Gasteiger partial charge in [-0.2, -0.15) is 12.6 Å². The first-order valence-electron chi connectivity index (χ1n) is 9.73. The lowest BCUT2D eigenvalue weighted by atomic mass is 10.0. The number of hydrogen-bond donors (Lipinski definition) is 7. The molecule has 1 fully saturated rings. The first-order valence-corrected chi connectivity index (χ1v) is 10.4. The molecule has 0 radical (unpaired) electrons. The lowest BCUT2D eigenvalue weighted by Crippen LogP contribution is -2.58. The Labute approximate surface area is 176 Å². The number of carbonyl (C=O) groups excluding carboxylic acids is 3. The minimum Gasteiger partial charge on any atom is -0.480 e. The molecule has 29 heavy (non-hydrogen) atoms. The molecule has 0 bridgehead atoms. The van der Waals surface area contributed by atoms with Crippen molar-refractivity contribution in [2.75, 3.05) is 12.3 Å². The van der Waals surface area contributed by atoms with Crippen LogP contribution in [0.2, 0.25) is 0 Å². The van der Waals surface area contributed by atoms with Crippen molar-refractivity contribution >= 4 is 36.3 Å². The van der Waals surface area contributed by atoms with Gasteiger partial charge in [0.25, 0.3) is 0 Å². The van der Waals surface area contributed by atoms with E-state index in [9.17, 15) is 24.3 Å². The second-order valence-electron chi connectivity index (χ2n) is 7.65. The maximum Gasteiger partial charge on any atom is 0.328 e. The van der Waals surface area contributed by atoms with E-state index in [2.05, 4.69) is 33.9 Å². The molecule has 1 rings (SSSR count). The van der Waals surface area contributed by atoms with E-state index < -0.39 is 42.0 Å². The smallest absolute Gasteiger partial charge is 0.328 e. The third-order valence-electron chi connectivity index (χ3n) is 4.58. The highest BCUT2D eigenvalue weighted by Gasteiger charge is 2.32. The van der Waals surface area contributed by atoms with Crippen LogP contribution < -0.4 is 21.3 Å². The fraction of sp³-hybridized carbons (Fsp3) is 0.778. The highest BCUT2D eigenvalue weighted by Crippen LogP contribution is 2.08. The number of nitrogens with one attached hydrogen (secondary N) is 4. The Hall–Kier alpha value is -1.85. The van der Waals surface area contributed by atoms with Crippen LogP contribution in [-0.4, -0.2) is 76.5 Å². The SMILES string of the molecule is CC(C)CC(NC(=O)C(CS)NC(=O)C1CCCN1)C(=O)NC(C(=O)O)C(C)O. The average molecular weight is 433 g/mol. The number of aliphatic hydroxyl groups excluding tert-OH is 1. The molecule has 0 aliphatic carbocycles. The zero-order chi connectivity index (χ0) is 22.1. The van der Waals surface area contributed by atoms with Gasteiger partial charge in [-0.25, -0.2) is 4.79 Å². The highest BCUT2D eigenvalue weighted by atomic mass is 32.1. The van der Waals surface area contributed by atoms with E-state index in [0.29, 0.717) is 6.42 Å². The van der Waals surface area contributed by atoms with Gasteiger partial charge in [-0.1, -0.05) is 13.8 Å². The maximum atomic E-state index is 12.6. The first kappa shape index (κ1) is 25.2. The summed E-state index contributed by atoms with van der Waals surface area (Å²) in [6.45, 7) is 5.68. The predicted molar refractivity (Wildman–Crippen MR) is 109 cm³/mol. The normalized spacial score (nSPS) is 20.4. The van der Waals surface area contributed by atoms with Gasteiger partial charge in [-0.15, -0.1) is 0 Å². The van der Waals surface area contributed by atoms with Gasteiger partial charge in [0.1, 0.15) is 12.1 Å². The van der Waals surface area contributed by atoms with Gasteiger partial charge in [-0.3, -0.25) is 14.4 Å². The maximum absolute atomic E-state index is 12.6. The molecule has 3 amide bonds. The van der Waals surface area contributed by atoms with E-state index in [1.165, 1.54) is 6.92 Å². The number of rotatable bonds is 11. The molecule has 0 saturated carbocycles. The third kappa shape index (κ3) is 8.19. The topological polar surface area (TPSA) is 157 Å². The van der Waals surface area contributed by atoms with Crippen LogP contribution in [0.3, 0.4) is 0 Å². The lowest BCUT2D eigenvalue weighted by molar-refractivity contribution is -0.145. The van der Waals surface area contributed by atoms with Gasteiger partial charge in [0.15, 0.2) is 6.04 Å². The van der Waals surface area contributed by atoms with Gasteiger partial charge in [-0.05, 0) is 38.6 Å². The molecule has 10 nitrogen and oxygen atoms in total. The van der Waals surface area contributed by atoms with E-state index in [0.717, 1.165) is 13.0 Å². The van der Waals surface area contributed by atoms with Gasteiger partial charge < -0.3 is 31.5 Å². The van der Waals surface area contributed by atoms with Crippen LogP contribution in [0.1, 0.15) is 40.0 Å². The first-order chi connectivity index (χ1) is 13.6. The summed E-state index contributed by atoms with van der Waals surface area (Å²) in [7, 11) is 0. The number of carboxylic acid groups (broad SMARTS) is 1. The van der Waals surface area contributed by atoms with Crippen LogP contribution in [0.25, 0.3) is 0 Å². The van der Waals surface area contributed by atoms with Crippen molar-refractivity contribution < 1.29 is 29.4 Å². The summed E-state index contributed by atoms with van der Waals surface area (Å²) in [5.41, 5.74) is 0. The molecule has 0 spiro atoms. The Morgan fingerprint density at radius 1 is 1.07 bits per heavy atom.